The highest BCUT2D eigenvalue weighted by atomic mass is 16.6. The first-order valence-corrected chi connectivity index (χ1v) is 12.8. The van der Waals surface area contributed by atoms with Gasteiger partial charge >= 0.3 is 7.05 Å². The van der Waals surface area contributed by atoms with Crippen LogP contribution in [0, 0.1) is 0 Å². The molecule has 0 aliphatic carbocycles. The normalized spacial score (nSPS) is 11.4. The van der Waals surface area contributed by atoms with Crippen molar-refractivity contribution < 1.29 is 33.8 Å². The van der Waals surface area contributed by atoms with Gasteiger partial charge < -0.3 is 38.3 Å². The van der Waals surface area contributed by atoms with Crippen LogP contribution in [-0.2, 0) is 18.9 Å². The first-order chi connectivity index (χ1) is 18.7. The molecule has 4 aromatic rings. The Morgan fingerprint density at radius 2 is 1.39 bits per heavy atom. The number of hydrogen-bond acceptors (Lipinski definition) is 9. The molecular formula is C27H34BN3O7. The van der Waals surface area contributed by atoms with Crippen LogP contribution in [0.1, 0.15) is 0 Å². The Kier molecular flexibility index (Phi) is 10.9. The summed E-state index contributed by atoms with van der Waals surface area (Å²) in [5.41, 5.74) is 3.84. The lowest BCUT2D eigenvalue weighted by Crippen LogP contribution is -2.18. The molecule has 0 aliphatic rings. The summed E-state index contributed by atoms with van der Waals surface area (Å²) in [5, 5.41) is 21.1. The fourth-order valence-corrected chi connectivity index (χ4v) is 4.14. The molecule has 2 N–H and O–H groups in total. The Morgan fingerprint density at radius 1 is 0.737 bits per heavy atom. The molecule has 0 fully saturated rings. The summed E-state index contributed by atoms with van der Waals surface area (Å²) in [5.74, 6) is 0.527. The molecule has 0 radical (unpaired) electrons. The van der Waals surface area contributed by atoms with E-state index in [0.29, 0.717) is 65.3 Å². The van der Waals surface area contributed by atoms with Crippen molar-refractivity contribution in [1.29, 1.82) is 0 Å². The number of ether oxygens (including phenoxy) is 5. The van der Waals surface area contributed by atoms with Crippen LogP contribution in [0.2, 0.25) is 6.82 Å². The molecule has 0 saturated heterocycles. The largest absolute Gasteiger partial charge is 0.475 e. The molecule has 1 aromatic carbocycles. The van der Waals surface area contributed by atoms with Crippen LogP contribution in [-0.4, -0.2) is 97.7 Å². The Morgan fingerprint density at radius 3 is 2.03 bits per heavy atom. The molecule has 202 valence electrons. The Hall–Kier alpha value is -3.06. The van der Waals surface area contributed by atoms with Crippen molar-refractivity contribution in [2.75, 3.05) is 66.1 Å². The molecule has 10 nitrogen and oxygen atoms in total. The summed E-state index contributed by atoms with van der Waals surface area (Å²) >= 11 is 0. The minimum absolute atomic E-state index is 0.0205. The predicted octanol–water partition coefficient (Wildman–Crippen LogP) is 2.65. The molecule has 4 rings (SSSR count). The lowest BCUT2D eigenvalue weighted by molar-refractivity contribution is -0.00789. The highest BCUT2D eigenvalue weighted by Crippen LogP contribution is 2.32. The monoisotopic (exact) mass is 523 g/mol. The fourth-order valence-electron chi connectivity index (χ4n) is 4.14. The van der Waals surface area contributed by atoms with Gasteiger partial charge in [-0.2, -0.15) is 0 Å². The molecule has 0 aliphatic heterocycles. The predicted molar refractivity (Wildman–Crippen MR) is 146 cm³/mol. The van der Waals surface area contributed by atoms with Crippen LogP contribution in [0.15, 0.2) is 55.0 Å². The number of nitrogens with zero attached hydrogens (tertiary/aromatic N) is 3. The maximum atomic E-state index is 10.4. The van der Waals surface area contributed by atoms with Crippen LogP contribution in [0.3, 0.4) is 0 Å². The van der Waals surface area contributed by atoms with Crippen LogP contribution in [0.25, 0.3) is 32.9 Å². The van der Waals surface area contributed by atoms with E-state index in [9.17, 15) is 5.02 Å². The maximum Gasteiger partial charge on any atom is 0.414 e. The van der Waals surface area contributed by atoms with Crippen LogP contribution < -0.4 is 4.74 Å². The average molecular weight is 523 g/mol. The number of aliphatic hydroxyl groups excluding tert-OH is 1. The number of aliphatic hydroxyl groups is 1. The van der Waals surface area contributed by atoms with Gasteiger partial charge in [-0.05, 0) is 30.6 Å². The standard InChI is InChI=1S/C27H34BN3O7/c1-28(33)31-25-6-7-29-20-24(25)23-4-2-21(18-26(23)31)22-3-5-27(30-19-22)38-17-16-37-15-14-36-13-12-35-11-10-34-9-8-32/h2-7,18-20,32-33H,8-17H2,1H3. The van der Waals surface area contributed by atoms with Crippen molar-refractivity contribution in [2.45, 2.75) is 6.82 Å². The molecule has 3 heterocycles. The van der Waals surface area contributed by atoms with Crippen LogP contribution in [0.4, 0.5) is 0 Å². The number of rotatable bonds is 17. The molecular weight excluding hydrogens is 489 g/mol. The van der Waals surface area contributed by atoms with Gasteiger partial charge in [0.2, 0.25) is 5.88 Å². The van der Waals surface area contributed by atoms with Crippen molar-refractivity contribution in [1.82, 2.24) is 14.4 Å². The molecule has 0 spiro atoms. The lowest BCUT2D eigenvalue weighted by Gasteiger charge is -2.09. The van der Waals surface area contributed by atoms with Gasteiger partial charge in [0.15, 0.2) is 0 Å². The lowest BCUT2D eigenvalue weighted by atomic mass is 9.87. The van der Waals surface area contributed by atoms with Gasteiger partial charge in [-0.3, -0.25) is 4.98 Å². The SMILES string of the molecule is CB(O)n1c2ccncc2c2ccc(-c3ccc(OCCOCCOCCOCCOCCO)nc3)cc21. The van der Waals surface area contributed by atoms with Crippen molar-refractivity contribution in [3.8, 4) is 17.0 Å². The van der Waals surface area contributed by atoms with Crippen molar-refractivity contribution >= 4 is 28.9 Å². The van der Waals surface area contributed by atoms with Gasteiger partial charge in [0, 0.05) is 52.0 Å². The summed E-state index contributed by atoms with van der Waals surface area (Å²) in [6.07, 6.45) is 5.35. The third-order valence-electron chi connectivity index (χ3n) is 5.88. The Bertz CT molecular complexity index is 1270. The summed E-state index contributed by atoms with van der Waals surface area (Å²) in [4.78, 5) is 8.68. The second kappa shape index (κ2) is 14.8. The third-order valence-corrected chi connectivity index (χ3v) is 5.88. The highest BCUT2D eigenvalue weighted by molar-refractivity contribution is 6.50. The van der Waals surface area contributed by atoms with E-state index in [0.717, 1.165) is 32.9 Å². The van der Waals surface area contributed by atoms with E-state index in [1.54, 1.807) is 19.2 Å². The zero-order valence-electron chi connectivity index (χ0n) is 21.6. The summed E-state index contributed by atoms with van der Waals surface area (Å²) < 4.78 is 29.0. The van der Waals surface area contributed by atoms with Gasteiger partial charge in [-0.1, -0.05) is 12.1 Å². The van der Waals surface area contributed by atoms with Crippen molar-refractivity contribution in [3.05, 3.63) is 55.0 Å². The van der Waals surface area contributed by atoms with Crippen LogP contribution in [0.5, 0.6) is 5.88 Å². The number of pyridine rings is 2. The second-order valence-electron chi connectivity index (χ2n) is 8.53. The summed E-state index contributed by atoms with van der Waals surface area (Å²) in [6.45, 7) is 5.79. The van der Waals surface area contributed by atoms with E-state index in [4.69, 9.17) is 28.8 Å². The molecule has 11 heteroatoms. The van der Waals surface area contributed by atoms with Gasteiger partial charge in [0.05, 0.1) is 59.5 Å². The van der Waals surface area contributed by atoms with Gasteiger partial charge in [0.25, 0.3) is 0 Å². The van der Waals surface area contributed by atoms with E-state index < -0.39 is 7.05 Å². The van der Waals surface area contributed by atoms with Crippen molar-refractivity contribution in [2.24, 2.45) is 0 Å². The maximum absolute atomic E-state index is 10.4. The topological polar surface area (TPSA) is 117 Å². The highest BCUT2D eigenvalue weighted by Gasteiger charge is 2.17. The minimum Gasteiger partial charge on any atom is -0.475 e. The molecule has 0 unspecified atom stereocenters. The molecule has 0 saturated carbocycles. The van der Waals surface area contributed by atoms with E-state index in [2.05, 4.69) is 28.2 Å². The molecule has 0 atom stereocenters. The number of hydrogen-bond donors (Lipinski definition) is 2. The van der Waals surface area contributed by atoms with E-state index >= 15 is 0 Å². The van der Waals surface area contributed by atoms with Gasteiger partial charge in [-0.15, -0.1) is 0 Å². The Balaban J connectivity index is 1.18. The first-order valence-electron chi connectivity index (χ1n) is 12.8. The summed E-state index contributed by atoms with van der Waals surface area (Å²) in [6, 6.07) is 11.9. The smallest absolute Gasteiger partial charge is 0.414 e. The number of benzene rings is 1. The molecule has 0 amide bonds. The average Bonchev–Trinajstić information content (AvgIpc) is 3.27. The zero-order valence-corrected chi connectivity index (χ0v) is 21.6. The van der Waals surface area contributed by atoms with E-state index in [1.165, 1.54) is 0 Å². The molecule has 3 aromatic heterocycles. The summed E-state index contributed by atoms with van der Waals surface area (Å²) in [7, 11) is -0.668. The minimum atomic E-state index is -0.668. The molecule has 0 bridgehead atoms. The van der Waals surface area contributed by atoms with Crippen molar-refractivity contribution in [3.63, 3.8) is 0 Å². The number of fused-ring (bicyclic) bond motifs is 3. The van der Waals surface area contributed by atoms with Crippen LogP contribution >= 0.6 is 0 Å². The second-order valence-corrected chi connectivity index (χ2v) is 8.53. The van der Waals surface area contributed by atoms with Gasteiger partial charge in [0.1, 0.15) is 6.61 Å². The van der Waals surface area contributed by atoms with E-state index in [-0.39, 0.29) is 6.61 Å². The number of aromatic nitrogens is 3. The Labute approximate surface area is 222 Å². The quantitative estimate of drug-likeness (QED) is 0.159. The third kappa shape index (κ3) is 7.50. The fraction of sp³-hybridized carbons (Fsp3) is 0.407. The zero-order chi connectivity index (χ0) is 26.6. The first kappa shape index (κ1) is 28.0. The molecule has 38 heavy (non-hydrogen) atoms. The van der Waals surface area contributed by atoms with Gasteiger partial charge in [-0.25, -0.2) is 4.98 Å². The van der Waals surface area contributed by atoms with E-state index in [1.807, 2.05) is 28.9 Å².